The summed E-state index contributed by atoms with van der Waals surface area (Å²) in [5.41, 5.74) is 2.56. The molecule has 2 aromatic carbocycles. The zero-order valence-electron chi connectivity index (χ0n) is 19.0. The number of piperidine rings is 2. The molecule has 35 heavy (non-hydrogen) atoms. The van der Waals surface area contributed by atoms with Gasteiger partial charge in [0.25, 0.3) is 5.91 Å². The number of halogens is 2. The molecule has 3 heterocycles. The number of imide groups is 1. The summed E-state index contributed by atoms with van der Waals surface area (Å²) in [5, 5.41) is 2.27. The van der Waals surface area contributed by atoms with E-state index in [0.717, 1.165) is 5.56 Å². The Morgan fingerprint density at radius 1 is 1.03 bits per heavy atom. The Labute approximate surface area is 201 Å². The number of fused-ring (bicyclic) bond motifs is 1. The van der Waals surface area contributed by atoms with E-state index < -0.39 is 23.6 Å². The minimum atomic E-state index is -0.728. The van der Waals surface area contributed by atoms with Gasteiger partial charge in [0.05, 0.1) is 6.57 Å². The Bertz CT molecular complexity index is 1260. The molecule has 0 aromatic heterocycles. The Morgan fingerprint density at radius 2 is 1.80 bits per heavy atom. The van der Waals surface area contributed by atoms with Gasteiger partial charge < -0.3 is 4.90 Å². The molecule has 0 aliphatic carbocycles. The lowest BCUT2D eigenvalue weighted by molar-refractivity contribution is -0.136. The molecule has 0 bridgehead atoms. The highest BCUT2D eigenvalue weighted by molar-refractivity contribution is 6.05. The summed E-state index contributed by atoms with van der Waals surface area (Å²) in [6.45, 7) is 9.25. The fourth-order valence-electron chi connectivity index (χ4n) is 5.37. The number of nitrogens with zero attached hydrogens (tertiary/aromatic N) is 3. The van der Waals surface area contributed by atoms with Crippen molar-refractivity contribution in [2.24, 2.45) is 0 Å². The van der Waals surface area contributed by atoms with E-state index in [1.807, 2.05) is 0 Å². The summed E-state index contributed by atoms with van der Waals surface area (Å²) >= 11 is 0. The normalized spacial score (nSPS) is 21.1. The van der Waals surface area contributed by atoms with E-state index in [0.29, 0.717) is 43.6 Å². The van der Waals surface area contributed by atoms with Gasteiger partial charge in [0.15, 0.2) is 5.69 Å². The van der Waals surface area contributed by atoms with Crippen LogP contribution in [0.1, 0.15) is 58.6 Å². The minimum Gasteiger partial charge on any atom is -0.322 e. The average molecular weight is 478 g/mol. The van der Waals surface area contributed by atoms with E-state index in [9.17, 15) is 18.8 Å². The van der Waals surface area contributed by atoms with E-state index in [2.05, 4.69) is 15.1 Å². The molecule has 1 N–H and O–H groups in total. The van der Waals surface area contributed by atoms with Crippen molar-refractivity contribution in [1.29, 1.82) is 0 Å². The van der Waals surface area contributed by atoms with Gasteiger partial charge in [0, 0.05) is 25.1 Å². The van der Waals surface area contributed by atoms with Crippen molar-refractivity contribution >= 4 is 23.4 Å². The first-order valence-corrected chi connectivity index (χ1v) is 11.7. The van der Waals surface area contributed by atoms with Crippen molar-refractivity contribution in [2.75, 3.05) is 13.1 Å². The highest BCUT2D eigenvalue weighted by Gasteiger charge is 2.40. The van der Waals surface area contributed by atoms with E-state index in [1.165, 1.54) is 23.1 Å². The van der Waals surface area contributed by atoms with Crippen LogP contribution in [0.2, 0.25) is 0 Å². The molecule has 2 fully saturated rings. The second-order valence-electron chi connectivity index (χ2n) is 9.41. The van der Waals surface area contributed by atoms with Crippen LogP contribution in [0, 0.1) is 18.2 Å². The highest BCUT2D eigenvalue weighted by atomic mass is 19.1. The predicted molar refractivity (Wildman–Crippen MR) is 122 cm³/mol. The lowest BCUT2D eigenvalue weighted by atomic mass is 9.87. The number of nitrogens with one attached hydrogen (secondary N) is 1. The van der Waals surface area contributed by atoms with Crippen LogP contribution < -0.4 is 5.32 Å². The second-order valence-corrected chi connectivity index (χ2v) is 9.41. The number of likely N-dealkylation sites (tertiary alicyclic amines) is 1. The predicted octanol–water partition coefficient (Wildman–Crippen LogP) is 3.66. The molecule has 3 aliphatic heterocycles. The number of hydrogen-bond acceptors (Lipinski definition) is 4. The summed E-state index contributed by atoms with van der Waals surface area (Å²) in [5.74, 6) is -2.08. The third-order valence-electron chi connectivity index (χ3n) is 7.15. The van der Waals surface area contributed by atoms with Gasteiger partial charge in [-0.2, -0.15) is 0 Å². The van der Waals surface area contributed by atoms with Crippen molar-refractivity contribution in [2.45, 2.75) is 50.7 Å². The van der Waals surface area contributed by atoms with Crippen LogP contribution in [0.25, 0.3) is 4.85 Å². The van der Waals surface area contributed by atoms with Crippen molar-refractivity contribution in [1.82, 2.24) is 15.1 Å². The molecule has 0 spiro atoms. The van der Waals surface area contributed by atoms with Gasteiger partial charge in [-0.05, 0) is 73.2 Å². The van der Waals surface area contributed by atoms with Gasteiger partial charge in [-0.25, -0.2) is 13.6 Å². The van der Waals surface area contributed by atoms with Crippen molar-refractivity contribution in [3.63, 3.8) is 0 Å². The molecular formula is C26H24F2N4O3. The van der Waals surface area contributed by atoms with Gasteiger partial charge in [0.1, 0.15) is 17.7 Å². The lowest BCUT2D eigenvalue weighted by Crippen LogP contribution is -2.52. The van der Waals surface area contributed by atoms with Crippen molar-refractivity contribution < 1.29 is 23.2 Å². The fourth-order valence-corrected chi connectivity index (χ4v) is 5.37. The van der Waals surface area contributed by atoms with E-state index >= 15 is 4.39 Å². The minimum absolute atomic E-state index is 0.0115. The highest BCUT2D eigenvalue weighted by Crippen LogP contribution is 2.35. The lowest BCUT2D eigenvalue weighted by Gasteiger charge is -2.32. The van der Waals surface area contributed by atoms with Crippen LogP contribution in [0.15, 0.2) is 30.3 Å². The van der Waals surface area contributed by atoms with Crippen LogP contribution in [0.3, 0.4) is 0 Å². The SMILES string of the molecule is [C-]#[N+]c1cc(F)cc(CN2CCC(c3cc4c(cc3F)C(=O)N(C3CCC(=O)NC3=O)C4)CC2)c1. The Hall–Kier alpha value is -3.64. The molecule has 3 amide bonds. The zero-order chi connectivity index (χ0) is 24.7. The summed E-state index contributed by atoms with van der Waals surface area (Å²) in [4.78, 5) is 43.5. The number of carbonyl (C=O) groups excluding carboxylic acids is 3. The third-order valence-corrected chi connectivity index (χ3v) is 7.15. The van der Waals surface area contributed by atoms with Crippen LogP contribution in [0.5, 0.6) is 0 Å². The molecule has 2 saturated heterocycles. The standard InChI is InChI=1S/C26H24F2N4O3/c1-29-19-9-15(8-18(27)11-19)13-31-6-4-16(5-7-31)20-10-17-14-32(26(35)21(17)12-22(20)28)23-2-3-24(33)30-25(23)34/h8-12,16,23H,2-7,13-14H2,(H,30,33,34). The Morgan fingerprint density at radius 3 is 2.51 bits per heavy atom. The van der Waals surface area contributed by atoms with Crippen LogP contribution in [-0.4, -0.2) is 46.7 Å². The molecule has 180 valence electrons. The maximum Gasteiger partial charge on any atom is 0.255 e. The molecule has 5 rings (SSSR count). The van der Waals surface area contributed by atoms with Crippen LogP contribution in [-0.2, 0) is 22.7 Å². The topological polar surface area (TPSA) is 74.1 Å². The molecule has 1 atom stereocenters. The number of amides is 3. The van der Waals surface area contributed by atoms with Crippen LogP contribution in [0.4, 0.5) is 14.5 Å². The van der Waals surface area contributed by atoms with E-state index in [-0.39, 0.29) is 48.4 Å². The van der Waals surface area contributed by atoms with E-state index in [4.69, 9.17) is 6.57 Å². The number of rotatable bonds is 4. The van der Waals surface area contributed by atoms with Gasteiger partial charge >= 0.3 is 0 Å². The summed E-state index contributed by atoms with van der Waals surface area (Å²) in [6.07, 6.45) is 1.86. The number of hydrogen-bond donors (Lipinski definition) is 1. The molecule has 0 radical (unpaired) electrons. The van der Waals surface area contributed by atoms with E-state index in [1.54, 1.807) is 12.1 Å². The molecule has 2 aromatic rings. The fraction of sp³-hybridized carbons (Fsp3) is 0.385. The van der Waals surface area contributed by atoms with Crippen LogP contribution >= 0.6 is 0 Å². The maximum absolute atomic E-state index is 15.1. The zero-order valence-corrected chi connectivity index (χ0v) is 19.0. The maximum atomic E-state index is 15.1. The average Bonchev–Trinajstić information content (AvgIpc) is 3.14. The molecular weight excluding hydrogens is 454 g/mol. The molecule has 9 heteroatoms. The Kier molecular flexibility index (Phi) is 6.07. The first-order chi connectivity index (χ1) is 16.8. The third kappa shape index (κ3) is 4.54. The monoisotopic (exact) mass is 478 g/mol. The first kappa shape index (κ1) is 23.1. The Balaban J connectivity index is 1.26. The molecule has 7 nitrogen and oxygen atoms in total. The number of carbonyl (C=O) groups is 3. The number of benzene rings is 2. The quantitative estimate of drug-likeness (QED) is 0.538. The summed E-state index contributed by atoms with van der Waals surface area (Å²) in [7, 11) is 0. The molecule has 1 unspecified atom stereocenters. The van der Waals surface area contributed by atoms with Gasteiger partial charge in [-0.1, -0.05) is 12.1 Å². The second kappa shape index (κ2) is 9.19. The smallest absolute Gasteiger partial charge is 0.255 e. The van der Waals surface area contributed by atoms with Gasteiger partial charge in [-0.3, -0.25) is 24.6 Å². The van der Waals surface area contributed by atoms with Crippen molar-refractivity contribution in [3.8, 4) is 0 Å². The first-order valence-electron chi connectivity index (χ1n) is 11.7. The van der Waals surface area contributed by atoms with Gasteiger partial charge in [-0.15, -0.1) is 0 Å². The largest absolute Gasteiger partial charge is 0.322 e. The molecule has 0 saturated carbocycles. The summed E-state index contributed by atoms with van der Waals surface area (Å²) in [6, 6.07) is 6.65. The van der Waals surface area contributed by atoms with Gasteiger partial charge in [0.2, 0.25) is 11.8 Å². The summed E-state index contributed by atoms with van der Waals surface area (Å²) < 4.78 is 28.8. The molecule has 3 aliphatic rings. The van der Waals surface area contributed by atoms with Crippen molar-refractivity contribution in [3.05, 3.63) is 75.6 Å².